The first-order valence-electron chi connectivity index (χ1n) is 10.8. The van der Waals surface area contributed by atoms with Gasteiger partial charge in [-0.1, -0.05) is 25.9 Å². The summed E-state index contributed by atoms with van der Waals surface area (Å²) >= 11 is 0. The Hall–Kier alpha value is -3.95. The van der Waals surface area contributed by atoms with E-state index in [0.29, 0.717) is 23.6 Å². The van der Waals surface area contributed by atoms with Crippen LogP contribution in [0.2, 0.25) is 0 Å². The van der Waals surface area contributed by atoms with Gasteiger partial charge in [0.15, 0.2) is 11.6 Å². The van der Waals surface area contributed by atoms with Crippen LogP contribution in [0, 0.1) is 12.7 Å². The largest absolute Gasteiger partial charge is 0.360 e. The maximum absolute atomic E-state index is 15.0. The summed E-state index contributed by atoms with van der Waals surface area (Å²) in [5, 5.41) is 11.0. The van der Waals surface area contributed by atoms with Gasteiger partial charge in [-0.25, -0.2) is 14.4 Å². The number of nitrogens with zero attached hydrogens (tertiary/aromatic N) is 6. The minimum atomic E-state index is -0.469. The normalized spacial score (nSPS) is 11.6. The summed E-state index contributed by atoms with van der Waals surface area (Å²) in [5.41, 5.74) is 2.59. The highest BCUT2D eigenvalue weighted by atomic mass is 19.1. The third-order valence-corrected chi connectivity index (χ3v) is 5.36. The molecule has 0 aliphatic heterocycles. The average Bonchev–Trinajstić information content (AvgIpc) is 3.43. The second kappa shape index (κ2) is 9.12. The van der Waals surface area contributed by atoms with Crippen LogP contribution in [0.5, 0.6) is 0 Å². The van der Waals surface area contributed by atoms with E-state index in [1.807, 2.05) is 27.7 Å². The summed E-state index contributed by atoms with van der Waals surface area (Å²) in [7, 11) is 1.80. The summed E-state index contributed by atoms with van der Waals surface area (Å²) < 4.78 is 22.0. The lowest BCUT2D eigenvalue weighted by atomic mass is 9.92. The van der Waals surface area contributed by atoms with Crippen LogP contribution in [-0.4, -0.2) is 35.7 Å². The molecule has 176 valence electrons. The molecule has 4 aromatic rings. The van der Waals surface area contributed by atoms with Crippen LogP contribution in [0.3, 0.4) is 0 Å². The quantitative estimate of drug-likeness (QED) is 0.397. The Morgan fingerprint density at radius 1 is 1.21 bits per heavy atom. The van der Waals surface area contributed by atoms with E-state index in [4.69, 9.17) is 4.52 Å². The van der Waals surface area contributed by atoms with Crippen molar-refractivity contribution in [3.63, 3.8) is 0 Å². The highest BCUT2D eigenvalue weighted by Crippen LogP contribution is 2.26. The molecule has 0 spiro atoms. The molecule has 0 atom stereocenters. The Morgan fingerprint density at radius 3 is 2.68 bits per heavy atom. The number of Topliss-reactive ketones (excluding diaryl/α,β-unsaturated/α-hetero) is 1. The molecule has 10 heteroatoms. The number of carbonyl (C=O) groups is 1. The van der Waals surface area contributed by atoms with Gasteiger partial charge in [0.25, 0.3) is 0 Å². The highest BCUT2D eigenvalue weighted by Gasteiger charge is 2.22. The number of hydrogen-bond acceptors (Lipinski definition) is 8. The van der Waals surface area contributed by atoms with E-state index >= 15 is 4.39 Å². The molecular formula is C24H26FN7O2. The molecule has 0 saturated carbocycles. The maximum Gasteiger partial charge on any atom is 0.230 e. The van der Waals surface area contributed by atoms with Crippen molar-refractivity contribution in [2.75, 3.05) is 5.32 Å². The molecule has 0 saturated heterocycles. The zero-order chi connectivity index (χ0) is 24.5. The van der Waals surface area contributed by atoms with E-state index in [-0.39, 0.29) is 35.0 Å². The Morgan fingerprint density at radius 2 is 2.00 bits per heavy atom. The molecule has 0 unspecified atom stereocenters. The lowest BCUT2D eigenvalue weighted by Gasteiger charge is -2.12. The van der Waals surface area contributed by atoms with Gasteiger partial charge in [0.2, 0.25) is 5.95 Å². The molecule has 1 N–H and O–H groups in total. The van der Waals surface area contributed by atoms with Gasteiger partial charge in [-0.15, -0.1) is 0 Å². The number of nitrogens with one attached hydrogen (secondary N) is 1. The van der Waals surface area contributed by atoms with Crippen molar-refractivity contribution in [1.29, 1.82) is 0 Å². The molecule has 3 aromatic heterocycles. The molecule has 34 heavy (non-hydrogen) atoms. The summed E-state index contributed by atoms with van der Waals surface area (Å²) in [4.78, 5) is 25.1. The van der Waals surface area contributed by atoms with Crippen molar-refractivity contribution in [2.45, 2.75) is 46.0 Å². The average molecular weight is 464 g/mol. The Kier molecular flexibility index (Phi) is 6.23. The van der Waals surface area contributed by atoms with Gasteiger partial charge in [0.05, 0.1) is 17.4 Å². The Labute approximate surface area is 196 Å². The second-order valence-corrected chi connectivity index (χ2v) is 9.17. The lowest BCUT2D eigenvalue weighted by Crippen LogP contribution is -2.09. The molecule has 0 fully saturated rings. The van der Waals surface area contributed by atoms with E-state index in [0.717, 1.165) is 11.1 Å². The molecule has 9 nitrogen and oxygen atoms in total. The van der Waals surface area contributed by atoms with Crippen LogP contribution < -0.4 is 5.32 Å². The van der Waals surface area contributed by atoms with Gasteiger partial charge < -0.3 is 9.84 Å². The standard InChI is InChI=1S/C24H26FN7O2/c1-14-8-17(22-26-13-27-23(30-22)29-16-11-28-32(5)12-16)18(25)9-15(14)6-7-20(33)19-10-21(34-31-19)24(2,3)4/h8-13H,6-7H2,1-5H3,(H,26,27,29,30). The minimum absolute atomic E-state index is 0.147. The molecule has 0 amide bonds. The van der Waals surface area contributed by atoms with E-state index in [1.54, 1.807) is 36.3 Å². The first kappa shape index (κ1) is 23.2. The zero-order valence-corrected chi connectivity index (χ0v) is 19.8. The van der Waals surface area contributed by atoms with E-state index < -0.39 is 5.82 Å². The van der Waals surface area contributed by atoms with Crippen molar-refractivity contribution in [2.24, 2.45) is 7.05 Å². The number of ketones is 1. The molecule has 0 bridgehead atoms. The number of aryl methyl sites for hydroxylation is 3. The summed E-state index contributed by atoms with van der Waals surface area (Å²) in [6.45, 7) is 7.83. The van der Waals surface area contributed by atoms with E-state index in [9.17, 15) is 4.79 Å². The van der Waals surface area contributed by atoms with Crippen LogP contribution in [0.15, 0.2) is 41.4 Å². The number of aromatic nitrogens is 6. The topological polar surface area (TPSA) is 112 Å². The summed E-state index contributed by atoms with van der Waals surface area (Å²) in [6, 6.07) is 4.79. The predicted octanol–water partition coefficient (Wildman–Crippen LogP) is 4.56. The van der Waals surface area contributed by atoms with Crippen LogP contribution in [-0.2, 0) is 18.9 Å². The SMILES string of the molecule is Cc1cc(-c2ncnc(Nc3cnn(C)c3)n2)c(F)cc1CCC(=O)c1cc(C(C)(C)C)on1. The van der Waals surface area contributed by atoms with Gasteiger partial charge >= 0.3 is 0 Å². The van der Waals surface area contributed by atoms with Gasteiger partial charge in [0.1, 0.15) is 23.6 Å². The van der Waals surface area contributed by atoms with Crippen LogP contribution in [0.25, 0.3) is 11.4 Å². The number of halogens is 1. The van der Waals surface area contributed by atoms with Crippen LogP contribution >= 0.6 is 0 Å². The Balaban J connectivity index is 1.48. The van der Waals surface area contributed by atoms with E-state index in [1.165, 1.54) is 12.4 Å². The van der Waals surface area contributed by atoms with Crippen molar-refractivity contribution in [3.05, 3.63) is 65.3 Å². The van der Waals surface area contributed by atoms with Gasteiger partial charge in [-0.05, 0) is 36.6 Å². The zero-order valence-electron chi connectivity index (χ0n) is 19.8. The van der Waals surface area contributed by atoms with Gasteiger partial charge in [0, 0.05) is 31.1 Å². The van der Waals surface area contributed by atoms with Gasteiger partial charge in [-0.2, -0.15) is 10.1 Å². The first-order chi connectivity index (χ1) is 16.1. The number of hydrogen-bond donors (Lipinski definition) is 1. The van der Waals surface area contributed by atoms with Crippen LogP contribution in [0.1, 0.15) is 54.6 Å². The number of anilines is 2. The smallest absolute Gasteiger partial charge is 0.230 e. The monoisotopic (exact) mass is 463 g/mol. The molecule has 0 aliphatic rings. The fraction of sp³-hybridized carbons (Fsp3) is 0.333. The molecular weight excluding hydrogens is 437 g/mol. The fourth-order valence-corrected chi connectivity index (χ4v) is 3.40. The second-order valence-electron chi connectivity index (χ2n) is 9.17. The minimum Gasteiger partial charge on any atom is -0.360 e. The molecule has 4 rings (SSSR count). The number of rotatable bonds is 7. The number of benzene rings is 1. The molecule has 1 aromatic carbocycles. The Bertz CT molecular complexity index is 1340. The number of carbonyl (C=O) groups excluding carboxylic acids is 1. The summed E-state index contributed by atoms with van der Waals surface area (Å²) in [6.07, 6.45) is 5.30. The lowest BCUT2D eigenvalue weighted by molar-refractivity contribution is 0.0973. The van der Waals surface area contributed by atoms with Crippen molar-refractivity contribution in [1.82, 2.24) is 29.9 Å². The fourth-order valence-electron chi connectivity index (χ4n) is 3.40. The molecule has 3 heterocycles. The highest BCUT2D eigenvalue weighted by molar-refractivity contribution is 5.94. The third-order valence-electron chi connectivity index (χ3n) is 5.36. The summed E-state index contributed by atoms with van der Waals surface area (Å²) in [5.74, 6) is 0.529. The third kappa shape index (κ3) is 5.16. The van der Waals surface area contributed by atoms with Gasteiger partial charge in [-0.3, -0.25) is 9.48 Å². The first-order valence-corrected chi connectivity index (χ1v) is 10.8. The molecule has 0 aliphatic carbocycles. The van der Waals surface area contributed by atoms with Crippen LogP contribution in [0.4, 0.5) is 16.0 Å². The van der Waals surface area contributed by atoms with Crippen molar-refractivity contribution >= 4 is 17.4 Å². The maximum atomic E-state index is 15.0. The van der Waals surface area contributed by atoms with Crippen molar-refractivity contribution in [3.8, 4) is 11.4 Å². The van der Waals surface area contributed by atoms with Crippen molar-refractivity contribution < 1.29 is 13.7 Å². The van der Waals surface area contributed by atoms with E-state index in [2.05, 4.69) is 30.5 Å². The molecule has 0 radical (unpaired) electrons. The predicted molar refractivity (Wildman–Crippen MR) is 124 cm³/mol.